The Kier molecular flexibility index (Phi) is 4.65. The molecule has 0 amide bonds. The third-order valence-corrected chi connectivity index (χ3v) is 4.85. The van der Waals surface area contributed by atoms with Gasteiger partial charge in [0.15, 0.2) is 3.92 Å². The highest BCUT2D eigenvalue weighted by Gasteiger charge is 2.20. The molecule has 1 aromatic carbocycles. The molecular weight excluding hydrogens is 336 g/mol. The maximum Gasteiger partial charge on any atom is 0.206 e. The molecule has 3 rings (SSSR count). The summed E-state index contributed by atoms with van der Waals surface area (Å²) in [7, 11) is 0. The minimum absolute atomic E-state index is 0.516. The van der Waals surface area contributed by atoms with E-state index >= 15 is 0 Å². The summed E-state index contributed by atoms with van der Waals surface area (Å²) < 4.78 is 0.835. The van der Waals surface area contributed by atoms with Gasteiger partial charge < -0.3 is 5.32 Å². The highest BCUT2D eigenvalue weighted by Crippen LogP contribution is 2.23. The van der Waals surface area contributed by atoms with Gasteiger partial charge in [-0.3, -0.25) is 4.90 Å². The molecule has 0 bridgehead atoms. The first-order valence-electron chi connectivity index (χ1n) is 6.81. The number of anilines is 1. The van der Waals surface area contributed by atoms with E-state index in [1.807, 2.05) is 0 Å². The van der Waals surface area contributed by atoms with Gasteiger partial charge in [-0.1, -0.05) is 41.7 Å². The second-order valence-electron chi connectivity index (χ2n) is 5.04. The van der Waals surface area contributed by atoms with Crippen molar-refractivity contribution in [2.45, 2.75) is 25.4 Å². The Bertz CT molecular complexity index is 537. The van der Waals surface area contributed by atoms with Gasteiger partial charge in [0.2, 0.25) is 5.13 Å². The molecule has 0 atom stereocenters. The number of hydrogen-bond donors (Lipinski definition) is 1. The summed E-state index contributed by atoms with van der Waals surface area (Å²) in [5.41, 5.74) is 1.40. The Morgan fingerprint density at radius 3 is 2.60 bits per heavy atom. The highest BCUT2D eigenvalue weighted by molar-refractivity contribution is 9.11. The number of halogens is 1. The van der Waals surface area contributed by atoms with E-state index in [-0.39, 0.29) is 0 Å². The van der Waals surface area contributed by atoms with Crippen molar-refractivity contribution in [3.05, 3.63) is 39.8 Å². The lowest BCUT2D eigenvalue weighted by molar-refractivity contribution is 0.211. The van der Waals surface area contributed by atoms with Crippen LogP contribution < -0.4 is 5.32 Å². The molecule has 0 saturated carbocycles. The van der Waals surface area contributed by atoms with E-state index in [0.717, 1.165) is 41.5 Å². The van der Waals surface area contributed by atoms with Gasteiger partial charge >= 0.3 is 0 Å². The summed E-state index contributed by atoms with van der Waals surface area (Å²) in [5.74, 6) is 0. The number of aromatic nitrogens is 2. The van der Waals surface area contributed by atoms with Crippen molar-refractivity contribution in [2.75, 3.05) is 18.4 Å². The predicted molar refractivity (Wildman–Crippen MR) is 86.0 cm³/mol. The summed E-state index contributed by atoms with van der Waals surface area (Å²) in [6, 6.07) is 11.2. The van der Waals surface area contributed by atoms with E-state index in [0.29, 0.717) is 6.04 Å². The summed E-state index contributed by atoms with van der Waals surface area (Å²) in [6.07, 6.45) is 2.31. The van der Waals surface area contributed by atoms with Crippen LogP contribution in [0.5, 0.6) is 0 Å². The van der Waals surface area contributed by atoms with Gasteiger partial charge in [-0.05, 0) is 34.3 Å². The molecule has 1 saturated heterocycles. The summed E-state index contributed by atoms with van der Waals surface area (Å²) in [6.45, 7) is 3.32. The van der Waals surface area contributed by atoms with Crippen LogP contribution in [0.25, 0.3) is 0 Å². The van der Waals surface area contributed by atoms with Crippen LogP contribution in [0.4, 0.5) is 5.13 Å². The molecule has 2 heterocycles. The minimum atomic E-state index is 0.516. The third kappa shape index (κ3) is 3.77. The quantitative estimate of drug-likeness (QED) is 0.915. The van der Waals surface area contributed by atoms with Crippen molar-refractivity contribution in [3.63, 3.8) is 0 Å². The lowest BCUT2D eigenvalue weighted by atomic mass is 10.0. The Morgan fingerprint density at radius 2 is 1.95 bits per heavy atom. The van der Waals surface area contributed by atoms with Gasteiger partial charge in [-0.25, -0.2) is 0 Å². The van der Waals surface area contributed by atoms with Crippen LogP contribution in [0.15, 0.2) is 34.2 Å². The van der Waals surface area contributed by atoms with Crippen LogP contribution in [0.2, 0.25) is 0 Å². The fourth-order valence-electron chi connectivity index (χ4n) is 2.52. The maximum absolute atomic E-state index is 4.09. The molecule has 6 heteroatoms. The number of nitrogens with one attached hydrogen (secondary N) is 1. The molecular formula is C14H17BrN4S. The Morgan fingerprint density at radius 1 is 1.20 bits per heavy atom. The zero-order chi connectivity index (χ0) is 13.8. The molecule has 0 unspecified atom stereocenters. The summed E-state index contributed by atoms with van der Waals surface area (Å²) in [4.78, 5) is 2.52. The number of nitrogens with zero attached hydrogens (tertiary/aromatic N) is 3. The predicted octanol–water partition coefficient (Wildman–Crippen LogP) is 3.38. The van der Waals surface area contributed by atoms with Crippen LogP contribution in [0, 0.1) is 0 Å². The fourth-order valence-corrected chi connectivity index (χ4v) is 3.60. The molecule has 1 aromatic heterocycles. The van der Waals surface area contributed by atoms with Crippen molar-refractivity contribution < 1.29 is 0 Å². The van der Waals surface area contributed by atoms with Crippen LogP contribution in [0.1, 0.15) is 18.4 Å². The van der Waals surface area contributed by atoms with Crippen molar-refractivity contribution in [3.8, 4) is 0 Å². The van der Waals surface area contributed by atoms with Crippen molar-refractivity contribution in [1.29, 1.82) is 0 Å². The lowest BCUT2D eigenvalue weighted by Crippen LogP contribution is -2.38. The molecule has 0 spiro atoms. The Labute approximate surface area is 131 Å². The first-order chi connectivity index (χ1) is 9.79. The number of hydrogen-bond acceptors (Lipinski definition) is 5. The van der Waals surface area contributed by atoms with Gasteiger partial charge in [0.1, 0.15) is 0 Å². The minimum Gasteiger partial charge on any atom is -0.357 e. The van der Waals surface area contributed by atoms with Crippen molar-refractivity contribution in [2.24, 2.45) is 0 Å². The Hall–Kier alpha value is -0.980. The number of piperidine rings is 1. The van der Waals surface area contributed by atoms with E-state index in [4.69, 9.17) is 0 Å². The van der Waals surface area contributed by atoms with Gasteiger partial charge in [-0.15, -0.1) is 10.2 Å². The fraction of sp³-hybridized carbons (Fsp3) is 0.429. The van der Waals surface area contributed by atoms with Gasteiger partial charge in [-0.2, -0.15) is 0 Å². The molecule has 0 radical (unpaired) electrons. The van der Waals surface area contributed by atoms with Crippen molar-refractivity contribution >= 4 is 32.4 Å². The molecule has 2 aromatic rings. The molecule has 106 valence electrons. The van der Waals surface area contributed by atoms with Crippen molar-refractivity contribution in [1.82, 2.24) is 15.1 Å². The van der Waals surface area contributed by atoms with E-state index in [2.05, 4.69) is 66.7 Å². The first kappa shape index (κ1) is 14.0. The van der Waals surface area contributed by atoms with E-state index in [9.17, 15) is 0 Å². The van der Waals surface area contributed by atoms with Crippen LogP contribution in [-0.2, 0) is 6.54 Å². The topological polar surface area (TPSA) is 41.1 Å². The van der Waals surface area contributed by atoms with Gasteiger partial charge in [0.25, 0.3) is 0 Å². The number of likely N-dealkylation sites (tertiary alicyclic amines) is 1. The first-order valence-corrected chi connectivity index (χ1v) is 8.42. The highest BCUT2D eigenvalue weighted by atomic mass is 79.9. The Balaban J connectivity index is 1.47. The standard InChI is InChI=1S/C14H17BrN4S/c15-13-17-18-14(20-13)16-12-6-8-19(9-7-12)10-11-4-2-1-3-5-11/h1-5,12H,6-10H2,(H,16,18). The molecule has 4 nitrogen and oxygen atoms in total. The van der Waals surface area contributed by atoms with E-state index in [1.165, 1.54) is 5.56 Å². The zero-order valence-electron chi connectivity index (χ0n) is 11.1. The molecule has 20 heavy (non-hydrogen) atoms. The second-order valence-corrected chi connectivity index (χ2v) is 7.29. The molecule has 1 fully saturated rings. The molecule has 1 aliphatic heterocycles. The molecule has 1 N–H and O–H groups in total. The van der Waals surface area contributed by atoms with Gasteiger partial charge in [0, 0.05) is 25.7 Å². The number of rotatable bonds is 4. The second kappa shape index (κ2) is 6.65. The zero-order valence-corrected chi connectivity index (χ0v) is 13.5. The largest absolute Gasteiger partial charge is 0.357 e. The van der Waals surface area contributed by atoms with E-state index in [1.54, 1.807) is 11.3 Å². The third-order valence-electron chi connectivity index (χ3n) is 3.56. The smallest absolute Gasteiger partial charge is 0.206 e. The average Bonchev–Trinajstić information content (AvgIpc) is 2.88. The molecule has 0 aliphatic carbocycles. The normalized spacial score (nSPS) is 17.2. The summed E-state index contributed by atoms with van der Waals surface area (Å²) in [5, 5.41) is 12.4. The van der Waals surface area contributed by atoms with Crippen LogP contribution in [-0.4, -0.2) is 34.2 Å². The average molecular weight is 353 g/mol. The SMILES string of the molecule is Brc1nnc(NC2CCN(Cc3ccccc3)CC2)s1. The summed E-state index contributed by atoms with van der Waals surface area (Å²) >= 11 is 4.89. The van der Waals surface area contributed by atoms with Crippen LogP contribution >= 0.6 is 27.3 Å². The van der Waals surface area contributed by atoms with Crippen LogP contribution in [0.3, 0.4) is 0 Å². The molecule has 1 aliphatic rings. The van der Waals surface area contributed by atoms with Gasteiger partial charge in [0.05, 0.1) is 0 Å². The maximum atomic E-state index is 4.09. The monoisotopic (exact) mass is 352 g/mol. The van der Waals surface area contributed by atoms with E-state index < -0.39 is 0 Å². The number of benzene rings is 1. The lowest BCUT2D eigenvalue weighted by Gasteiger charge is -2.32.